The number of carbonyl (C=O) groups is 1. The van der Waals surface area contributed by atoms with E-state index in [-0.39, 0.29) is 12.5 Å². The topological polar surface area (TPSA) is 71.8 Å². The number of rotatable bonds is 3. The Morgan fingerprint density at radius 2 is 2.09 bits per heavy atom. The largest absolute Gasteiger partial charge is 0.484 e. The molecule has 22 heavy (non-hydrogen) atoms. The van der Waals surface area contributed by atoms with Crippen molar-refractivity contribution in [3.63, 3.8) is 0 Å². The molecule has 2 aromatic rings. The first-order chi connectivity index (χ1) is 10.7. The van der Waals surface area contributed by atoms with Crippen LogP contribution in [0.5, 0.6) is 5.75 Å². The molecule has 0 atom stereocenters. The molecule has 1 amide bonds. The summed E-state index contributed by atoms with van der Waals surface area (Å²) < 4.78 is 10.6. The first-order valence-corrected chi connectivity index (χ1v) is 7.37. The van der Waals surface area contributed by atoms with E-state index >= 15 is 0 Å². The molecule has 0 unspecified atom stereocenters. The molecule has 1 aromatic heterocycles. The first kappa shape index (κ1) is 14.6. The van der Waals surface area contributed by atoms with Crippen molar-refractivity contribution in [3.8, 4) is 5.75 Å². The van der Waals surface area contributed by atoms with Gasteiger partial charge in [-0.15, -0.1) is 0 Å². The summed E-state index contributed by atoms with van der Waals surface area (Å²) in [4.78, 5) is 25.2. The van der Waals surface area contributed by atoms with E-state index in [1.165, 1.54) is 6.07 Å². The molecule has 0 aliphatic carbocycles. The van der Waals surface area contributed by atoms with Gasteiger partial charge in [-0.2, -0.15) is 0 Å². The molecule has 1 saturated heterocycles. The molecule has 6 heteroatoms. The van der Waals surface area contributed by atoms with Crippen LogP contribution in [0.3, 0.4) is 0 Å². The number of ether oxygens (including phenoxy) is 1. The molecular formula is C16H18N2O4. The number of amides is 1. The van der Waals surface area contributed by atoms with Crippen LogP contribution in [0, 0.1) is 0 Å². The lowest BCUT2D eigenvalue weighted by Gasteiger charge is -2.20. The van der Waals surface area contributed by atoms with E-state index in [0.717, 1.165) is 31.4 Å². The van der Waals surface area contributed by atoms with Gasteiger partial charge < -0.3 is 19.4 Å². The molecule has 0 radical (unpaired) electrons. The third kappa shape index (κ3) is 3.46. The first-order valence-electron chi connectivity index (χ1n) is 7.37. The SMILES string of the molecule is O=C(COc1ccc2ccc(=O)oc2c1)N1CCCNCC1. The lowest BCUT2D eigenvalue weighted by Crippen LogP contribution is -2.37. The third-order valence-corrected chi connectivity index (χ3v) is 3.65. The van der Waals surface area contributed by atoms with E-state index in [4.69, 9.17) is 9.15 Å². The van der Waals surface area contributed by atoms with Gasteiger partial charge in [0.15, 0.2) is 6.61 Å². The van der Waals surface area contributed by atoms with Crippen molar-refractivity contribution in [2.75, 3.05) is 32.8 Å². The molecule has 3 rings (SSSR count). The predicted octanol–water partition coefficient (Wildman–Crippen LogP) is 0.994. The molecule has 0 saturated carbocycles. The van der Waals surface area contributed by atoms with Crippen molar-refractivity contribution < 1.29 is 13.9 Å². The fraction of sp³-hybridized carbons (Fsp3) is 0.375. The maximum Gasteiger partial charge on any atom is 0.336 e. The number of carbonyl (C=O) groups excluding carboxylic acids is 1. The van der Waals surface area contributed by atoms with Gasteiger partial charge in [0.05, 0.1) is 0 Å². The van der Waals surface area contributed by atoms with Gasteiger partial charge in [-0.3, -0.25) is 4.79 Å². The molecule has 0 spiro atoms. The van der Waals surface area contributed by atoms with Gasteiger partial charge in [0, 0.05) is 37.2 Å². The van der Waals surface area contributed by atoms with Crippen LogP contribution in [0.4, 0.5) is 0 Å². The van der Waals surface area contributed by atoms with E-state index in [9.17, 15) is 9.59 Å². The van der Waals surface area contributed by atoms with Crippen LogP contribution in [0.1, 0.15) is 6.42 Å². The number of hydrogen-bond donors (Lipinski definition) is 1. The van der Waals surface area contributed by atoms with Crippen LogP contribution >= 0.6 is 0 Å². The Bertz CT molecular complexity index is 717. The van der Waals surface area contributed by atoms with Crippen molar-refractivity contribution in [3.05, 3.63) is 40.8 Å². The smallest absolute Gasteiger partial charge is 0.336 e. The molecule has 1 aliphatic rings. The van der Waals surface area contributed by atoms with Crippen molar-refractivity contribution >= 4 is 16.9 Å². The van der Waals surface area contributed by atoms with Crippen molar-refractivity contribution in [2.45, 2.75) is 6.42 Å². The van der Waals surface area contributed by atoms with Gasteiger partial charge in [0.25, 0.3) is 5.91 Å². The van der Waals surface area contributed by atoms with Crippen LogP contribution in [0.15, 0.2) is 39.5 Å². The Hall–Kier alpha value is -2.34. The Morgan fingerprint density at radius 3 is 3.00 bits per heavy atom. The minimum absolute atomic E-state index is 0.0113. The standard InChI is InChI=1S/C16H18N2O4/c19-15(18-8-1-6-17-7-9-18)11-21-13-4-2-12-3-5-16(20)22-14(12)10-13/h2-5,10,17H,1,6-9,11H2. The molecule has 116 valence electrons. The Labute approximate surface area is 127 Å². The summed E-state index contributed by atoms with van der Waals surface area (Å²) in [7, 11) is 0. The lowest BCUT2D eigenvalue weighted by molar-refractivity contribution is -0.133. The molecule has 1 fully saturated rings. The van der Waals surface area contributed by atoms with Crippen molar-refractivity contribution in [1.82, 2.24) is 10.2 Å². The van der Waals surface area contributed by atoms with E-state index in [1.54, 1.807) is 29.2 Å². The molecule has 1 N–H and O–H groups in total. The highest BCUT2D eigenvalue weighted by atomic mass is 16.5. The van der Waals surface area contributed by atoms with Gasteiger partial charge in [0.2, 0.25) is 0 Å². The summed E-state index contributed by atoms with van der Waals surface area (Å²) in [6, 6.07) is 8.27. The second-order valence-electron chi connectivity index (χ2n) is 5.23. The van der Waals surface area contributed by atoms with Crippen LogP contribution in [-0.2, 0) is 4.79 Å². The van der Waals surface area contributed by atoms with Gasteiger partial charge >= 0.3 is 5.63 Å². The summed E-state index contributed by atoms with van der Waals surface area (Å²) >= 11 is 0. The normalized spacial score (nSPS) is 15.5. The highest BCUT2D eigenvalue weighted by Gasteiger charge is 2.15. The minimum atomic E-state index is -0.405. The molecule has 2 heterocycles. The van der Waals surface area contributed by atoms with Crippen molar-refractivity contribution in [1.29, 1.82) is 0 Å². The second-order valence-corrected chi connectivity index (χ2v) is 5.23. The van der Waals surface area contributed by atoms with Crippen LogP contribution in [0.2, 0.25) is 0 Å². The minimum Gasteiger partial charge on any atom is -0.484 e. The maximum absolute atomic E-state index is 12.1. The predicted molar refractivity (Wildman–Crippen MR) is 82.0 cm³/mol. The summed E-state index contributed by atoms with van der Waals surface area (Å²) in [6.45, 7) is 3.19. The van der Waals surface area contributed by atoms with E-state index in [1.807, 2.05) is 0 Å². The van der Waals surface area contributed by atoms with E-state index < -0.39 is 5.63 Å². The zero-order valence-electron chi connectivity index (χ0n) is 12.2. The molecule has 0 bridgehead atoms. The van der Waals surface area contributed by atoms with Crippen LogP contribution in [0.25, 0.3) is 11.0 Å². The fourth-order valence-corrected chi connectivity index (χ4v) is 2.46. The Morgan fingerprint density at radius 1 is 1.23 bits per heavy atom. The molecular weight excluding hydrogens is 284 g/mol. The lowest BCUT2D eigenvalue weighted by atomic mass is 10.2. The maximum atomic E-state index is 12.1. The van der Waals surface area contributed by atoms with Gasteiger partial charge in [-0.1, -0.05) is 0 Å². The summed E-state index contributed by atoms with van der Waals surface area (Å²) in [5.41, 5.74) is 0.0502. The van der Waals surface area contributed by atoms with E-state index in [0.29, 0.717) is 17.9 Å². The number of hydrogen-bond acceptors (Lipinski definition) is 5. The number of nitrogens with zero attached hydrogens (tertiary/aromatic N) is 1. The monoisotopic (exact) mass is 302 g/mol. The Kier molecular flexibility index (Phi) is 4.39. The molecule has 1 aliphatic heterocycles. The van der Waals surface area contributed by atoms with Gasteiger partial charge in [-0.25, -0.2) is 4.79 Å². The van der Waals surface area contributed by atoms with Crippen LogP contribution < -0.4 is 15.7 Å². The number of fused-ring (bicyclic) bond motifs is 1. The average molecular weight is 302 g/mol. The zero-order chi connectivity index (χ0) is 15.4. The summed E-state index contributed by atoms with van der Waals surface area (Å²) in [5, 5.41) is 4.07. The van der Waals surface area contributed by atoms with Gasteiger partial charge in [-0.05, 0) is 31.2 Å². The fourth-order valence-electron chi connectivity index (χ4n) is 2.46. The van der Waals surface area contributed by atoms with Crippen LogP contribution in [-0.4, -0.2) is 43.6 Å². The average Bonchev–Trinajstić information content (AvgIpc) is 2.81. The zero-order valence-corrected chi connectivity index (χ0v) is 12.2. The highest BCUT2D eigenvalue weighted by molar-refractivity contribution is 5.79. The summed E-state index contributed by atoms with van der Waals surface area (Å²) in [5.74, 6) is 0.487. The molecule has 1 aromatic carbocycles. The number of nitrogens with one attached hydrogen (secondary N) is 1. The molecule has 6 nitrogen and oxygen atoms in total. The second kappa shape index (κ2) is 6.62. The van der Waals surface area contributed by atoms with Gasteiger partial charge in [0.1, 0.15) is 11.3 Å². The quantitative estimate of drug-likeness (QED) is 0.856. The number of benzene rings is 1. The third-order valence-electron chi connectivity index (χ3n) is 3.65. The Balaban J connectivity index is 1.65. The highest BCUT2D eigenvalue weighted by Crippen LogP contribution is 2.19. The van der Waals surface area contributed by atoms with Crippen molar-refractivity contribution in [2.24, 2.45) is 0 Å². The van der Waals surface area contributed by atoms with E-state index in [2.05, 4.69) is 5.32 Å². The summed E-state index contributed by atoms with van der Waals surface area (Å²) in [6.07, 6.45) is 0.951.